The number of anilines is 2. The molecule has 0 saturated heterocycles. The van der Waals surface area contributed by atoms with Gasteiger partial charge in [0.15, 0.2) is 5.13 Å². The number of hydrogen-bond acceptors (Lipinski definition) is 6. The molecule has 0 aliphatic rings. The van der Waals surface area contributed by atoms with E-state index in [1.54, 1.807) is 17.4 Å². The topological polar surface area (TPSA) is 83.6 Å². The van der Waals surface area contributed by atoms with Crippen LogP contribution in [0.25, 0.3) is 0 Å². The smallest absolute Gasteiger partial charge is 0.273 e. The van der Waals surface area contributed by atoms with Crippen molar-refractivity contribution in [1.82, 2.24) is 15.2 Å². The van der Waals surface area contributed by atoms with Gasteiger partial charge in [-0.05, 0) is 18.1 Å². The minimum absolute atomic E-state index is 0.0615. The summed E-state index contributed by atoms with van der Waals surface area (Å²) in [4.78, 5) is 30.8. The average Bonchev–Trinajstić information content (AvgIpc) is 3.15. The molecule has 7 nitrogen and oxygen atoms in total. The lowest BCUT2D eigenvalue weighted by atomic mass is 10.2. The van der Waals surface area contributed by atoms with Gasteiger partial charge in [-0.3, -0.25) is 9.59 Å². The molecule has 0 unspecified atom stereocenters. The Morgan fingerprint density at radius 1 is 1.21 bits per heavy atom. The molecule has 1 aromatic heterocycles. The zero-order valence-electron chi connectivity index (χ0n) is 16.6. The summed E-state index contributed by atoms with van der Waals surface area (Å²) in [7, 11) is 1.59. The maximum absolute atomic E-state index is 12.9. The summed E-state index contributed by atoms with van der Waals surface area (Å²) >= 11 is 1.37. The Balaban J connectivity index is 1.96. The first-order chi connectivity index (χ1) is 13.5. The molecule has 2 amide bonds. The predicted molar refractivity (Wildman–Crippen MR) is 112 cm³/mol. The number of benzene rings is 1. The number of nitrogens with one attached hydrogen (secondary N) is 2. The second-order valence-electron chi connectivity index (χ2n) is 6.76. The van der Waals surface area contributed by atoms with Gasteiger partial charge >= 0.3 is 0 Å². The van der Waals surface area contributed by atoms with Crippen LogP contribution in [-0.4, -0.2) is 55.0 Å². The summed E-state index contributed by atoms with van der Waals surface area (Å²) < 4.78 is 5.10. The molecule has 152 valence electrons. The van der Waals surface area contributed by atoms with E-state index in [9.17, 15) is 9.59 Å². The van der Waals surface area contributed by atoms with Crippen LogP contribution < -0.4 is 10.6 Å². The Labute approximate surface area is 170 Å². The number of thiazole rings is 1. The monoisotopic (exact) mass is 404 g/mol. The summed E-state index contributed by atoms with van der Waals surface area (Å²) in [5, 5.41) is 8.44. The molecule has 2 rings (SSSR count). The summed E-state index contributed by atoms with van der Waals surface area (Å²) in [6, 6.07) is 9.66. The fourth-order valence-corrected chi connectivity index (χ4v) is 3.10. The molecule has 1 aromatic carbocycles. The molecule has 2 aromatic rings. The van der Waals surface area contributed by atoms with Gasteiger partial charge in [-0.15, -0.1) is 11.3 Å². The van der Waals surface area contributed by atoms with Crippen molar-refractivity contribution in [3.63, 3.8) is 0 Å². The third-order valence-corrected chi connectivity index (χ3v) is 4.67. The van der Waals surface area contributed by atoms with Crippen molar-refractivity contribution >= 4 is 34.0 Å². The number of nitrogens with zero attached hydrogens (tertiary/aromatic N) is 2. The highest BCUT2D eigenvalue weighted by Gasteiger charge is 2.19. The number of aromatic nitrogens is 1. The summed E-state index contributed by atoms with van der Waals surface area (Å²) in [6.07, 6.45) is 0.251. The first-order valence-corrected chi connectivity index (χ1v) is 10.2. The number of carbonyl (C=O) groups is 2. The number of hydrogen-bond donors (Lipinski definition) is 2. The lowest BCUT2D eigenvalue weighted by molar-refractivity contribution is -0.121. The molecule has 0 spiro atoms. The van der Waals surface area contributed by atoms with Crippen molar-refractivity contribution < 1.29 is 14.3 Å². The molecule has 0 saturated carbocycles. The van der Waals surface area contributed by atoms with Crippen LogP contribution in [0.5, 0.6) is 0 Å². The second kappa shape index (κ2) is 11.4. The van der Waals surface area contributed by atoms with E-state index in [2.05, 4.69) is 15.6 Å². The Hall–Kier alpha value is -2.45. The standard InChI is InChI=1S/C20H28N4O3S/c1-15(2)13-21-18(25)9-10-24(11-12-27-3)19(26)17-14-28-20(23-17)22-16-7-5-4-6-8-16/h4-8,14-15H,9-13H2,1-3H3,(H,21,25)(H,22,23). The minimum Gasteiger partial charge on any atom is -0.383 e. The van der Waals surface area contributed by atoms with E-state index < -0.39 is 0 Å². The first-order valence-electron chi connectivity index (χ1n) is 9.32. The van der Waals surface area contributed by atoms with Crippen molar-refractivity contribution in [2.75, 3.05) is 38.7 Å². The molecule has 8 heteroatoms. The Morgan fingerprint density at radius 2 is 1.96 bits per heavy atom. The molecular formula is C20H28N4O3S. The maximum Gasteiger partial charge on any atom is 0.273 e. The fraction of sp³-hybridized carbons (Fsp3) is 0.450. The van der Waals surface area contributed by atoms with Crippen LogP contribution in [0.15, 0.2) is 35.7 Å². The predicted octanol–water partition coefficient (Wildman–Crippen LogP) is 3.14. The first kappa shape index (κ1) is 21.8. The van der Waals surface area contributed by atoms with Crippen LogP contribution in [0.1, 0.15) is 30.8 Å². The van der Waals surface area contributed by atoms with Crippen LogP contribution in [0.2, 0.25) is 0 Å². The van der Waals surface area contributed by atoms with Crippen LogP contribution in [0.3, 0.4) is 0 Å². The van der Waals surface area contributed by atoms with Gasteiger partial charge in [-0.25, -0.2) is 4.98 Å². The van der Waals surface area contributed by atoms with E-state index in [1.807, 2.05) is 44.2 Å². The van der Waals surface area contributed by atoms with E-state index in [4.69, 9.17) is 4.74 Å². The van der Waals surface area contributed by atoms with Crippen molar-refractivity contribution in [1.29, 1.82) is 0 Å². The zero-order valence-corrected chi connectivity index (χ0v) is 17.4. The Kier molecular flexibility index (Phi) is 8.90. The van der Waals surface area contributed by atoms with Crippen molar-refractivity contribution in [2.45, 2.75) is 20.3 Å². The fourth-order valence-electron chi connectivity index (χ4n) is 2.40. The van der Waals surface area contributed by atoms with E-state index in [-0.39, 0.29) is 18.2 Å². The molecular weight excluding hydrogens is 376 g/mol. The lowest BCUT2D eigenvalue weighted by Crippen LogP contribution is -2.38. The van der Waals surface area contributed by atoms with Gasteiger partial charge in [0.2, 0.25) is 5.91 Å². The van der Waals surface area contributed by atoms with E-state index >= 15 is 0 Å². The molecule has 0 radical (unpaired) electrons. The average molecular weight is 405 g/mol. The highest BCUT2D eigenvalue weighted by Crippen LogP contribution is 2.21. The van der Waals surface area contributed by atoms with Gasteiger partial charge in [0.1, 0.15) is 5.69 Å². The molecule has 2 N–H and O–H groups in total. The van der Waals surface area contributed by atoms with Crippen molar-refractivity contribution in [2.24, 2.45) is 5.92 Å². The highest BCUT2D eigenvalue weighted by molar-refractivity contribution is 7.14. The van der Waals surface area contributed by atoms with E-state index in [1.165, 1.54) is 11.3 Å². The van der Waals surface area contributed by atoms with Crippen LogP contribution in [0.4, 0.5) is 10.8 Å². The van der Waals surface area contributed by atoms with Crippen molar-refractivity contribution in [3.05, 3.63) is 41.4 Å². The Morgan fingerprint density at radius 3 is 2.64 bits per heavy atom. The quantitative estimate of drug-likeness (QED) is 0.601. The number of amides is 2. The van der Waals surface area contributed by atoms with E-state index in [0.717, 1.165) is 5.69 Å². The molecule has 0 fully saturated rings. The van der Waals surface area contributed by atoms with Crippen molar-refractivity contribution in [3.8, 4) is 0 Å². The molecule has 28 heavy (non-hydrogen) atoms. The number of ether oxygens (including phenoxy) is 1. The summed E-state index contributed by atoms with van der Waals surface area (Å²) in [5.74, 6) is 0.125. The zero-order chi connectivity index (χ0) is 20.4. The second-order valence-corrected chi connectivity index (χ2v) is 7.62. The number of para-hydroxylation sites is 1. The van der Waals surface area contributed by atoms with Crippen LogP contribution >= 0.6 is 11.3 Å². The van der Waals surface area contributed by atoms with Gasteiger partial charge in [-0.1, -0.05) is 32.0 Å². The van der Waals surface area contributed by atoms with Gasteiger partial charge in [-0.2, -0.15) is 0 Å². The van der Waals surface area contributed by atoms with E-state index in [0.29, 0.717) is 43.0 Å². The third kappa shape index (κ3) is 7.28. The normalized spacial score (nSPS) is 10.7. The molecule has 0 aliphatic carbocycles. The number of carbonyl (C=O) groups excluding carboxylic acids is 2. The summed E-state index contributed by atoms with van der Waals surface area (Å²) in [6.45, 7) is 5.84. The van der Waals surface area contributed by atoms with Gasteiger partial charge in [0.05, 0.1) is 6.61 Å². The molecule has 1 heterocycles. The largest absolute Gasteiger partial charge is 0.383 e. The minimum atomic E-state index is -0.203. The summed E-state index contributed by atoms with van der Waals surface area (Å²) in [5.41, 5.74) is 1.27. The lowest BCUT2D eigenvalue weighted by Gasteiger charge is -2.21. The van der Waals surface area contributed by atoms with Gasteiger partial charge in [0, 0.05) is 44.2 Å². The number of rotatable bonds is 11. The van der Waals surface area contributed by atoms with Crippen LogP contribution in [0, 0.1) is 5.92 Å². The van der Waals surface area contributed by atoms with Gasteiger partial charge in [0.25, 0.3) is 5.91 Å². The third-order valence-electron chi connectivity index (χ3n) is 3.92. The molecule has 0 atom stereocenters. The van der Waals surface area contributed by atoms with Gasteiger partial charge < -0.3 is 20.3 Å². The molecule has 0 bridgehead atoms. The Bertz CT molecular complexity index is 749. The molecule has 0 aliphatic heterocycles. The highest BCUT2D eigenvalue weighted by atomic mass is 32.1. The van der Waals surface area contributed by atoms with Crippen LogP contribution in [-0.2, 0) is 9.53 Å². The number of methoxy groups -OCH3 is 1. The maximum atomic E-state index is 12.9. The SMILES string of the molecule is COCCN(CCC(=O)NCC(C)C)C(=O)c1csc(Nc2ccccc2)n1.